The second kappa shape index (κ2) is 5.84. The van der Waals surface area contributed by atoms with Crippen LogP contribution in [0.15, 0.2) is 42.5 Å². The fourth-order valence-corrected chi connectivity index (χ4v) is 2.29. The molecule has 1 unspecified atom stereocenters. The molecule has 2 aromatic carbocycles. The first-order chi connectivity index (χ1) is 9.47. The van der Waals surface area contributed by atoms with Crippen LogP contribution >= 0.6 is 0 Å². The molecule has 0 radical (unpaired) electrons. The van der Waals surface area contributed by atoms with Crippen molar-refractivity contribution < 1.29 is 10.0 Å². The van der Waals surface area contributed by atoms with Crippen molar-refractivity contribution in [3.8, 4) is 0 Å². The monoisotopic (exact) mass is 271 g/mol. The molecule has 2 aromatic rings. The predicted octanol–water partition coefficient (Wildman–Crippen LogP) is 3.49. The first kappa shape index (κ1) is 14.2. The van der Waals surface area contributed by atoms with E-state index in [1.54, 1.807) is 12.1 Å². The topological polar surface area (TPSA) is 63.4 Å². The quantitative estimate of drug-likeness (QED) is 0.684. The zero-order valence-electron chi connectivity index (χ0n) is 11.5. The van der Waals surface area contributed by atoms with Crippen molar-refractivity contribution >= 4 is 5.69 Å². The van der Waals surface area contributed by atoms with Crippen LogP contribution < -0.4 is 0 Å². The number of hydrogen-bond donors (Lipinski definition) is 1. The third-order valence-corrected chi connectivity index (χ3v) is 3.36. The third kappa shape index (κ3) is 3.22. The first-order valence-electron chi connectivity index (χ1n) is 6.46. The van der Waals surface area contributed by atoms with E-state index in [-0.39, 0.29) is 5.69 Å². The fraction of sp³-hybridized carbons (Fsp3) is 0.250. The molecule has 0 saturated carbocycles. The summed E-state index contributed by atoms with van der Waals surface area (Å²) in [5, 5.41) is 20.9. The Balaban J connectivity index is 2.14. The molecule has 0 bridgehead atoms. The SMILES string of the molecule is Cc1ccc(C(O)Cc2ccc([N+](=O)[O-])cc2)c(C)c1. The van der Waals surface area contributed by atoms with Crippen molar-refractivity contribution in [2.45, 2.75) is 26.4 Å². The van der Waals surface area contributed by atoms with E-state index in [4.69, 9.17) is 0 Å². The summed E-state index contributed by atoms with van der Waals surface area (Å²) in [5.41, 5.74) is 4.06. The maximum absolute atomic E-state index is 10.6. The van der Waals surface area contributed by atoms with Gasteiger partial charge in [-0.15, -0.1) is 0 Å². The number of aliphatic hydroxyl groups excluding tert-OH is 1. The van der Waals surface area contributed by atoms with Crippen LogP contribution in [-0.4, -0.2) is 10.0 Å². The highest BCUT2D eigenvalue weighted by molar-refractivity contribution is 5.36. The lowest BCUT2D eigenvalue weighted by molar-refractivity contribution is -0.384. The van der Waals surface area contributed by atoms with E-state index in [0.29, 0.717) is 6.42 Å². The molecule has 0 aliphatic heterocycles. The Morgan fingerprint density at radius 2 is 1.80 bits per heavy atom. The Kier molecular flexibility index (Phi) is 4.15. The van der Waals surface area contributed by atoms with Crippen LogP contribution in [0.1, 0.15) is 28.4 Å². The van der Waals surface area contributed by atoms with E-state index in [0.717, 1.165) is 22.3 Å². The number of nitro groups is 1. The Morgan fingerprint density at radius 3 is 2.35 bits per heavy atom. The molecule has 20 heavy (non-hydrogen) atoms. The summed E-state index contributed by atoms with van der Waals surface area (Å²) in [6, 6.07) is 12.2. The number of aliphatic hydroxyl groups is 1. The van der Waals surface area contributed by atoms with Crippen LogP contribution in [-0.2, 0) is 6.42 Å². The lowest BCUT2D eigenvalue weighted by Crippen LogP contribution is -2.04. The lowest BCUT2D eigenvalue weighted by atomic mass is 9.96. The van der Waals surface area contributed by atoms with Crippen molar-refractivity contribution in [1.29, 1.82) is 0 Å². The number of benzene rings is 2. The number of non-ortho nitro benzene ring substituents is 1. The van der Waals surface area contributed by atoms with Crippen LogP contribution in [0.25, 0.3) is 0 Å². The van der Waals surface area contributed by atoms with Gasteiger partial charge in [0.2, 0.25) is 0 Å². The van der Waals surface area contributed by atoms with E-state index in [2.05, 4.69) is 0 Å². The smallest absolute Gasteiger partial charge is 0.269 e. The number of rotatable bonds is 4. The molecule has 1 N–H and O–H groups in total. The molecule has 104 valence electrons. The minimum atomic E-state index is -0.600. The highest BCUT2D eigenvalue weighted by Crippen LogP contribution is 2.23. The molecule has 4 nitrogen and oxygen atoms in total. The van der Waals surface area contributed by atoms with Crippen molar-refractivity contribution in [3.63, 3.8) is 0 Å². The lowest BCUT2D eigenvalue weighted by Gasteiger charge is -2.14. The zero-order valence-corrected chi connectivity index (χ0v) is 11.5. The standard InChI is InChI=1S/C16H17NO3/c1-11-3-8-15(12(2)9-11)16(18)10-13-4-6-14(7-5-13)17(19)20/h3-9,16,18H,10H2,1-2H3. The number of nitro benzene ring substituents is 1. The summed E-state index contributed by atoms with van der Waals surface area (Å²) in [6.07, 6.45) is -0.154. The molecule has 0 aliphatic rings. The minimum absolute atomic E-state index is 0.0646. The molecule has 1 atom stereocenters. The molecule has 0 fully saturated rings. The molecule has 4 heteroatoms. The van der Waals surface area contributed by atoms with Gasteiger partial charge in [-0.1, -0.05) is 35.9 Å². The highest BCUT2D eigenvalue weighted by Gasteiger charge is 2.12. The summed E-state index contributed by atoms with van der Waals surface area (Å²) >= 11 is 0. The van der Waals surface area contributed by atoms with Gasteiger partial charge in [-0.25, -0.2) is 0 Å². The van der Waals surface area contributed by atoms with Crippen LogP contribution in [0, 0.1) is 24.0 Å². The van der Waals surface area contributed by atoms with Crippen LogP contribution in [0.4, 0.5) is 5.69 Å². The summed E-state index contributed by atoms with van der Waals surface area (Å²) < 4.78 is 0. The number of nitrogens with zero attached hydrogens (tertiary/aromatic N) is 1. The number of aryl methyl sites for hydroxylation is 2. The van der Waals surface area contributed by atoms with Gasteiger partial charge in [0.1, 0.15) is 0 Å². The van der Waals surface area contributed by atoms with E-state index in [1.807, 2.05) is 32.0 Å². The Morgan fingerprint density at radius 1 is 1.15 bits per heavy atom. The molecule has 0 heterocycles. The summed E-state index contributed by atoms with van der Waals surface area (Å²) in [4.78, 5) is 10.2. The van der Waals surface area contributed by atoms with Gasteiger partial charge >= 0.3 is 0 Å². The van der Waals surface area contributed by atoms with E-state index in [9.17, 15) is 15.2 Å². The maximum Gasteiger partial charge on any atom is 0.269 e. The average Bonchev–Trinajstić information content (AvgIpc) is 2.39. The third-order valence-electron chi connectivity index (χ3n) is 3.36. The van der Waals surface area contributed by atoms with Gasteiger partial charge in [-0.2, -0.15) is 0 Å². The Bertz CT molecular complexity index is 620. The molecular formula is C16H17NO3. The van der Waals surface area contributed by atoms with Crippen LogP contribution in [0.5, 0.6) is 0 Å². The maximum atomic E-state index is 10.6. The predicted molar refractivity (Wildman–Crippen MR) is 77.7 cm³/mol. The van der Waals surface area contributed by atoms with Gasteiger partial charge in [0.05, 0.1) is 11.0 Å². The van der Waals surface area contributed by atoms with Crippen LogP contribution in [0.2, 0.25) is 0 Å². The van der Waals surface area contributed by atoms with E-state index >= 15 is 0 Å². The molecule has 0 saturated heterocycles. The van der Waals surface area contributed by atoms with Gasteiger partial charge in [0, 0.05) is 18.6 Å². The first-order valence-corrected chi connectivity index (χ1v) is 6.46. The van der Waals surface area contributed by atoms with Gasteiger partial charge < -0.3 is 5.11 Å². The second-order valence-electron chi connectivity index (χ2n) is 5.00. The van der Waals surface area contributed by atoms with E-state index in [1.165, 1.54) is 12.1 Å². The molecule has 0 spiro atoms. The average molecular weight is 271 g/mol. The molecule has 0 amide bonds. The van der Waals surface area contributed by atoms with Gasteiger partial charge in [-0.05, 0) is 30.5 Å². The van der Waals surface area contributed by atoms with Crippen molar-refractivity contribution in [2.24, 2.45) is 0 Å². The van der Waals surface area contributed by atoms with Crippen molar-refractivity contribution in [2.75, 3.05) is 0 Å². The highest BCUT2D eigenvalue weighted by atomic mass is 16.6. The van der Waals surface area contributed by atoms with Gasteiger partial charge in [0.15, 0.2) is 0 Å². The number of hydrogen-bond acceptors (Lipinski definition) is 3. The minimum Gasteiger partial charge on any atom is -0.388 e. The Hall–Kier alpha value is -2.20. The summed E-state index contributed by atoms with van der Waals surface area (Å²) in [5.74, 6) is 0. The largest absolute Gasteiger partial charge is 0.388 e. The molecule has 0 aliphatic carbocycles. The van der Waals surface area contributed by atoms with Crippen molar-refractivity contribution in [3.05, 3.63) is 74.8 Å². The molecule has 0 aromatic heterocycles. The van der Waals surface area contributed by atoms with Gasteiger partial charge in [-0.3, -0.25) is 10.1 Å². The summed E-state index contributed by atoms with van der Waals surface area (Å²) in [7, 11) is 0. The fourth-order valence-electron chi connectivity index (χ4n) is 2.29. The van der Waals surface area contributed by atoms with Gasteiger partial charge in [0.25, 0.3) is 5.69 Å². The van der Waals surface area contributed by atoms with Crippen LogP contribution in [0.3, 0.4) is 0 Å². The molecule has 2 rings (SSSR count). The second-order valence-corrected chi connectivity index (χ2v) is 5.00. The van der Waals surface area contributed by atoms with E-state index < -0.39 is 11.0 Å². The normalized spacial score (nSPS) is 12.2. The Labute approximate surface area is 117 Å². The summed E-state index contributed by atoms with van der Waals surface area (Å²) in [6.45, 7) is 3.99. The van der Waals surface area contributed by atoms with Crippen molar-refractivity contribution in [1.82, 2.24) is 0 Å². The molecular weight excluding hydrogens is 254 g/mol. The zero-order chi connectivity index (χ0) is 14.7.